The van der Waals surface area contributed by atoms with E-state index in [1.54, 1.807) is 37.2 Å². The highest BCUT2D eigenvalue weighted by Gasteiger charge is 2.19. The lowest BCUT2D eigenvalue weighted by Gasteiger charge is -2.08. The predicted octanol–water partition coefficient (Wildman–Crippen LogP) is 9.63. The molecule has 2 aliphatic heterocycles. The van der Waals surface area contributed by atoms with Crippen molar-refractivity contribution in [3.8, 4) is 44.5 Å². The van der Waals surface area contributed by atoms with Gasteiger partial charge in [0.25, 0.3) is 0 Å². The Bertz CT molecular complexity index is 2730. The van der Waals surface area contributed by atoms with Gasteiger partial charge in [0.05, 0.1) is 22.8 Å². The number of aromatic nitrogens is 7. The molecule has 9 nitrogen and oxygen atoms in total. The van der Waals surface area contributed by atoms with Gasteiger partial charge in [-0.1, -0.05) is 18.7 Å². The second kappa shape index (κ2) is 13.3. The zero-order valence-corrected chi connectivity index (χ0v) is 28.3. The molecule has 0 saturated heterocycles. The van der Waals surface area contributed by atoms with E-state index in [1.807, 2.05) is 66.7 Å². The summed E-state index contributed by atoms with van der Waals surface area (Å²) < 4.78 is 0. The van der Waals surface area contributed by atoms with Crippen LogP contribution in [0.5, 0.6) is 0 Å². The van der Waals surface area contributed by atoms with Gasteiger partial charge in [-0.3, -0.25) is 19.7 Å². The number of amides is 1. The van der Waals surface area contributed by atoms with Gasteiger partial charge in [-0.15, -0.1) is 0 Å². The van der Waals surface area contributed by atoms with Gasteiger partial charge in [-0.25, -0.2) is 9.97 Å². The lowest BCUT2D eigenvalue weighted by molar-refractivity contribution is -0.111. The van der Waals surface area contributed by atoms with Crippen LogP contribution in [-0.4, -0.2) is 40.8 Å². The van der Waals surface area contributed by atoms with Crippen LogP contribution in [0.4, 0.5) is 5.69 Å². The molecule has 0 radical (unpaired) electrons. The summed E-state index contributed by atoms with van der Waals surface area (Å²) in [6.07, 6.45) is 20.3. The monoisotopic (exact) mass is 686 g/mol. The first-order chi connectivity index (χ1) is 26.1. The number of H-pyrrole nitrogens is 2. The molecular formula is C44H30N8O. The average Bonchev–Trinajstić information content (AvgIpc) is 4.05. The molecule has 9 heteroatoms. The number of pyridine rings is 3. The van der Waals surface area contributed by atoms with Gasteiger partial charge in [0.15, 0.2) is 0 Å². The topological polar surface area (TPSA) is 125 Å². The number of hydrogen-bond acceptors (Lipinski definition) is 6. The number of carbonyl (C=O) groups excluding carboxylic acids is 1. The molecule has 8 bridgehead atoms. The van der Waals surface area contributed by atoms with Crippen molar-refractivity contribution in [1.82, 2.24) is 34.9 Å². The second-order valence-electron chi connectivity index (χ2n) is 12.5. The molecule has 0 saturated carbocycles. The van der Waals surface area contributed by atoms with Crippen molar-refractivity contribution in [2.24, 2.45) is 0 Å². The molecule has 8 heterocycles. The van der Waals surface area contributed by atoms with E-state index in [0.717, 1.165) is 89.4 Å². The summed E-state index contributed by atoms with van der Waals surface area (Å²) in [5.74, 6) is -0.271. The number of anilines is 1. The maximum Gasteiger partial charge on any atom is 0.247 e. The number of carbonyl (C=O) groups is 1. The molecule has 1 amide bonds. The number of nitrogens with one attached hydrogen (secondary N) is 3. The van der Waals surface area contributed by atoms with E-state index in [1.165, 1.54) is 6.08 Å². The smallest absolute Gasteiger partial charge is 0.247 e. The minimum absolute atomic E-state index is 0.271. The van der Waals surface area contributed by atoms with Gasteiger partial charge in [0, 0.05) is 87.2 Å². The Labute approximate surface area is 304 Å². The molecule has 3 N–H and O–H groups in total. The summed E-state index contributed by atoms with van der Waals surface area (Å²) in [4.78, 5) is 43.0. The van der Waals surface area contributed by atoms with Gasteiger partial charge in [0.2, 0.25) is 5.91 Å². The first-order valence-corrected chi connectivity index (χ1v) is 17.0. The van der Waals surface area contributed by atoms with Crippen LogP contribution in [0.1, 0.15) is 22.8 Å². The maximum atomic E-state index is 12.0. The fourth-order valence-electron chi connectivity index (χ4n) is 6.89. The summed E-state index contributed by atoms with van der Waals surface area (Å²) in [6.45, 7) is 3.57. The minimum atomic E-state index is -0.271. The lowest BCUT2D eigenvalue weighted by Crippen LogP contribution is -2.06. The normalized spacial score (nSPS) is 11.8. The average molecular weight is 687 g/mol. The van der Waals surface area contributed by atoms with Crippen LogP contribution in [0.2, 0.25) is 0 Å². The molecule has 0 fully saturated rings. The minimum Gasteiger partial charge on any atom is -0.354 e. The van der Waals surface area contributed by atoms with Crippen LogP contribution in [-0.2, 0) is 4.79 Å². The van der Waals surface area contributed by atoms with Crippen molar-refractivity contribution in [3.63, 3.8) is 0 Å². The Kier molecular flexibility index (Phi) is 7.90. The molecule has 0 spiro atoms. The summed E-state index contributed by atoms with van der Waals surface area (Å²) in [6, 6.07) is 28.1. The lowest BCUT2D eigenvalue weighted by atomic mass is 10.0. The van der Waals surface area contributed by atoms with E-state index in [2.05, 4.69) is 79.3 Å². The van der Waals surface area contributed by atoms with Gasteiger partial charge in [0.1, 0.15) is 0 Å². The maximum absolute atomic E-state index is 12.0. The third-order valence-electron chi connectivity index (χ3n) is 9.29. The largest absolute Gasteiger partial charge is 0.354 e. The van der Waals surface area contributed by atoms with Crippen molar-refractivity contribution in [3.05, 3.63) is 158 Å². The highest BCUT2D eigenvalue weighted by Crippen LogP contribution is 2.38. The molecule has 7 aromatic rings. The highest BCUT2D eigenvalue weighted by molar-refractivity contribution is 6.01. The van der Waals surface area contributed by atoms with Crippen molar-refractivity contribution in [2.75, 3.05) is 5.32 Å². The quantitative estimate of drug-likeness (QED) is 0.150. The summed E-state index contributed by atoms with van der Waals surface area (Å²) >= 11 is 0. The van der Waals surface area contributed by atoms with E-state index >= 15 is 0 Å². The van der Waals surface area contributed by atoms with Crippen LogP contribution in [0.3, 0.4) is 0 Å². The predicted molar refractivity (Wildman–Crippen MR) is 213 cm³/mol. The standard InChI is InChI=1S/C44H30N8O/c1-2-40(53)48-31-5-3-27(4-6-31)41-32-7-9-34(49-32)42(28-15-21-45-22-16-28)36-11-13-38(51-36)44(30-19-25-47-26-20-30)39-14-12-37(52-39)43(29-17-23-46-24-18-29)35-10-8-33(41)50-35/h2-26,49,52H,1H2,(H,48,53). The van der Waals surface area contributed by atoms with E-state index in [-0.39, 0.29) is 5.91 Å². The molecule has 0 atom stereocenters. The zero-order chi connectivity index (χ0) is 35.7. The third kappa shape index (κ3) is 5.92. The van der Waals surface area contributed by atoms with E-state index in [9.17, 15) is 4.79 Å². The van der Waals surface area contributed by atoms with Crippen molar-refractivity contribution in [1.29, 1.82) is 0 Å². The van der Waals surface area contributed by atoms with Crippen molar-refractivity contribution in [2.45, 2.75) is 0 Å². The second-order valence-corrected chi connectivity index (χ2v) is 12.5. The Balaban J connectivity index is 1.42. The number of fused-ring (bicyclic) bond motifs is 8. The van der Waals surface area contributed by atoms with E-state index < -0.39 is 0 Å². The van der Waals surface area contributed by atoms with Crippen LogP contribution in [0.25, 0.3) is 90.9 Å². The fraction of sp³-hybridized carbons (Fsp3) is 0. The number of benzene rings is 1. The zero-order valence-electron chi connectivity index (χ0n) is 28.3. The van der Waals surface area contributed by atoms with Gasteiger partial charge < -0.3 is 15.3 Å². The molecule has 0 aliphatic carbocycles. The van der Waals surface area contributed by atoms with Gasteiger partial charge in [-0.2, -0.15) is 0 Å². The molecule has 252 valence electrons. The van der Waals surface area contributed by atoms with Crippen LogP contribution in [0, 0.1) is 0 Å². The first-order valence-electron chi connectivity index (χ1n) is 17.0. The molecule has 9 rings (SSSR count). The molecule has 2 aliphatic rings. The fourth-order valence-corrected chi connectivity index (χ4v) is 6.89. The van der Waals surface area contributed by atoms with Crippen LogP contribution >= 0.6 is 0 Å². The summed E-state index contributed by atoms with van der Waals surface area (Å²) in [5.41, 5.74) is 15.0. The number of hydrogen-bond donors (Lipinski definition) is 3. The molecular weight excluding hydrogens is 657 g/mol. The van der Waals surface area contributed by atoms with Crippen molar-refractivity contribution >= 4 is 58.0 Å². The molecule has 53 heavy (non-hydrogen) atoms. The van der Waals surface area contributed by atoms with E-state index in [4.69, 9.17) is 9.97 Å². The SMILES string of the molecule is C=CC(=O)Nc1ccc(-c2c3nc(c(-c4ccncc4)c4ccc([nH]4)c(-c4ccncc4)c4nc(c(-c5ccncc5)c5ccc2[nH]5)C=C4)C=C3)cc1. The number of rotatable bonds is 6. The Morgan fingerprint density at radius 3 is 1.11 bits per heavy atom. The van der Waals surface area contributed by atoms with E-state index in [0.29, 0.717) is 5.69 Å². The van der Waals surface area contributed by atoms with Crippen LogP contribution in [0.15, 0.2) is 135 Å². The highest BCUT2D eigenvalue weighted by atomic mass is 16.1. The Morgan fingerprint density at radius 2 is 0.792 bits per heavy atom. The number of aromatic amines is 2. The first kappa shape index (κ1) is 31.5. The summed E-state index contributed by atoms with van der Waals surface area (Å²) in [7, 11) is 0. The molecule has 1 aromatic carbocycles. The van der Waals surface area contributed by atoms with Gasteiger partial charge >= 0.3 is 0 Å². The third-order valence-corrected chi connectivity index (χ3v) is 9.29. The Morgan fingerprint density at radius 1 is 0.472 bits per heavy atom. The molecule has 6 aromatic heterocycles. The Hall–Kier alpha value is -7.52. The van der Waals surface area contributed by atoms with Crippen molar-refractivity contribution < 1.29 is 4.79 Å². The van der Waals surface area contributed by atoms with Crippen LogP contribution < -0.4 is 5.32 Å². The van der Waals surface area contributed by atoms with Gasteiger partial charge in [-0.05, 0) is 125 Å². The number of nitrogens with zero attached hydrogens (tertiary/aromatic N) is 5. The molecule has 0 unspecified atom stereocenters. The summed E-state index contributed by atoms with van der Waals surface area (Å²) in [5, 5.41) is 2.84.